The van der Waals surface area contributed by atoms with Crippen molar-refractivity contribution in [1.82, 2.24) is 15.2 Å². The molecule has 0 amide bonds. The summed E-state index contributed by atoms with van der Waals surface area (Å²) in [6, 6.07) is 19.1. The van der Waals surface area contributed by atoms with E-state index in [9.17, 15) is 0 Å². The molecule has 0 unspecified atom stereocenters. The smallest absolute Gasteiger partial charge is 0.191 e. The van der Waals surface area contributed by atoms with E-state index in [0.29, 0.717) is 0 Å². The molecule has 0 saturated carbocycles. The summed E-state index contributed by atoms with van der Waals surface area (Å²) in [5, 5.41) is 9.37. The van der Waals surface area contributed by atoms with Crippen molar-refractivity contribution in [2.45, 2.75) is 13.0 Å². The molecule has 0 aliphatic heterocycles. The van der Waals surface area contributed by atoms with Crippen LogP contribution in [0.25, 0.3) is 10.8 Å². The van der Waals surface area contributed by atoms with Crippen LogP contribution in [0.3, 0.4) is 0 Å². The summed E-state index contributed by atoms with van der Waals surface area (Å²) in [5.74, 6) is 0.849. The molecule has 0 spiro atoms. The highest BCUT2D eigenvalue weighted by Crippen LogP contribution is 2.18. The third-order valence-corrected chi connectivity index (χ3v) is 4.12. The average Bonchev–Trinajstić information content (AvgIpc) is 3.14. The van der Waals surface area contributed by atoms with Crippen molar-refractivity contribution in [3.05, 3.63) is 72.6 Å². The van der Waals surface area contributed by atoms with E-state index >= 15 is 0 Å². The number of benzene rings is 2. The molecule has 0 aliphatic carbocycles. The Kier molecular flexibility index (Phi) is 5.51. The van der Waals surface area contributed by atoms with E-state index in [-0.39, 0.29) is 0 Å². The summed E-state index contributed by atoms with van der Waals surface area (Å²) >= 11 is 0. The van der Waals surface area contributed by atoms with E-state index < -0.39 is 0 Å². The van der Waals surface area contributed by atoms with Crippen LogP contribution in [0, 0.1) is 0 Å². The van der Waals surface area contributed by atoms with Crippen molar-refractivity contribution in [2.75, 3.05) is 20.1 Å². The molecule has 3 rings (SSSR count). The van der Waals surface area contributed by atoms with Crippen LogP contribution in [0.15, 0.2) is 72.0 Å². The summed E-state index contributed by atoms with van der Waals surface area (Å²) in [6.45, 7) is 2.64. The third-order valence-electron chi connectivity index (χ3n) is 4.12. The van der Waals surface area contributed by atoms with Gasteiger partial charge in [-0.2, -0.15) is 0 Å². The van der Waals surface area contributed by atoms with Crippen molar-refractivity contribution < 1.29 is 0 Å². The van der Waals surface area contributed by atoms with Gasteiger partial charge in [0.25, 0.3) is 0 Å². The van der Waals surface area contributed by atoms with Gasteiger partial charge in [0, 0.05) is 39.1 Å². The van der Waals surface area contributed by atoms with Crippen LogP contribution in [0.2, 0.25) is 0 Å². The molecule has 0 radical (unpaired) electrons. The number of aliphatic imine (C=N–C) groups is 1. The highest BCUT2D eigenvalue weighted by Gasteiger charge is 2.01. The molecule has 24 heavy (non-hydrogen) atoms. The molecule has 0 atom stereocenters. The largest absolute Gasteiger partial charge is 0.356 e. The second-order valence-electron chi connectivity index (χ2n) is 5.73. The Morgan fingerprint density at radius 2 is 1.67 bits per heavy atom. The van der Waals surface area contributed by atoms with Crippen LogP contribution in [0.4, 0.5) is 0 Å². The number of guanidine groups is 1. The van der Waals surface area contributed by atoms with E-state index in [1.807, 2.05) is 19.2 Å². The summed E-state index contributed by atoms with van der Waals surface area (Å²) < 4.78 is 2.15. The van der Waals surface area contributed by atoms with Gasteiger partial charge in [-0.1, -0.05) is 42.5 Å². The normalized spacial score (nSPS) is 11.6. The number of rotatable bonds is 6. The maximum atomic E-state index is 4.29. The van der Waals surface area contributed by atoms with Gasteiger partial charge in [-0.3, -0.25) is 4.99 Å². The van der Waals surface area contributed by atoms with Gasteiger partial charge < -0.3 is 15.2 Å². The molecule has 0 saturated heterocycles. The standard InChI is InChI=1S/C20H24N4/c1-21-20(23-13-16-24-14-4-5-15-24)22-12-11-18-9-6-8-17-7-2-3-10-19(17)18/h2-10,14-15H,11-13,16H2,1H3,(H2,21,22,23). The lowest BCUT2D eigenvalue weighted by Gasteiger charge is -2.13. The molecule has 0 aliphatic rings. The number of nitrogens with one attached hydrogen (secondary N) is 2. The first-order chi connectivity index (χ1) is 11.9. The van der Waals surface area contributed by atoms with Gasteiger partial charge in [-0.15, -0.1) is 0 Å². The minimum absolute atomic E-state index is 0.849. The van der Waals surface area contributed by atoms with Crippen molar-refractivity contribution in [3.8, 4) is 0 Å². The predicted molar refractivity (Wildman–Crippen MR) is 101 cm³/mol. The summed E-state index contributed by atoms with van der Waals surface area (Å²) in [7, 11) is 1.81. The molecule has 2 N–H and O–H groups in total. The Morgan fingerprint density at radius 1 is 0.917 bits per heavy atom. The first-order valence-corrected chi connectivity index (χ1v) is 8.39. The third kappa shape index (κ3) is 4.16. The molecule has 2 aromatic carbocycles. The number of hydrogen-bond donors (Lipinski definition) is 2. The van der Waals surface area contributed by atoms with E-state index in [2.05, 4.69) is 75.1 Å². The fraction of sp³-hybridized carbons (Fsp3) is 0.250. The molecule has 1 heterocycles. The molecule has 124 valence electrons. The van der Waals surface area contributed by atoms with Crippen LogP contribution in [0.5, 0.6) is 0 Å². The first kappa shape index (κ1) is 16.1. The second-order valence-corrected chi connectivity index (χ2v) is 5.73. The number of hydrogen-bond acceptors (Lipinski definition) is 1. The lowest BCUT2D eigenvalue weighted by atomic mass is 10.0. The van der Waals surface area contributed by atoms with E-state index in [4.69, 9.17) is 0 Å². The zero-order valence-electron chi connectivity index (χ0n) is 14.1. The predicted octanol–water partition coefficient (Wildman–Crippen LogP) is 3.05. The fourth-order valence-electron chi connectivity index (χ4n) is 2.87. The molecular formula is C20H24N4. The summed E-state index contributed by atoms with van der Waals surface area (Å²) in [4.78, 5) is 4.29. The number of nitrogens with zero attached hydrogens (tertiary/aromatic N) is 2. The molecule has 0 fully saturated rings. The second kappa shape index (κ2) is 8.20. The quantitative estimate of drug-likeness (QED) is 0.541. The number of aromatic nitrogens is 1. The Bertz CT molecular complexity index is 785. The highest BCUT2D eigenvalue weighted by atomic mass is 15.2. The van der Waals surface area contributed by atoms with Crippen LogP contribution in [0.1, 0.15) is 5.56 Å². The van der Waals surface area contributed by atoms with Crippen LogP contribution >= 0.6 is 0 Å². The van der Waals surface area contributed by atoms with Gasteiger partial charge in [0.15, 0.2) is 5.96 Å². The van der Waals surface area contributed by atoms with Crippen LogP contribution in [-0.4, -0.2) is 30.7 Å². The minimum Gasteiger partial charge on any atom is -0.356 e. The van der Waals surface area contributed by atoms with Gasteiger partial charge in [0.2, 0.25) is 0 Å². The van der Waals surface area contributed by atoms with Crippen molar-refractivity contribution in [2.24, 2.45) is 4.99 Å². The molecule has 1 aromatic heterocycles. The van der Waals surface area contributed by atoms with Gasteiger partial charge in [0.05, 0.1) is 0 Å². The fourth-order valence-corrected chi connectivity index (χ4v) is 2.87. The van der Waals surface area contributed by atoms with Crippen LogP contribution < -0.4 is 10.6 Å². The van der Waals surface area contributed by atoms with Crippen molar-refractivity contribution >= 4 is 16.7 Å². The zero-order valence-corrected chi connectivity index (χ0v) is 14.1. The van der Waals surface area contributed by atoms with E-state index in [1.54, 1.807) is 0 Å². The van der Waals surface area contributed by atoms with Crippen molar-refractivity contribution in [3.63, 3.8) is 0 Å². The summed E-state index contributed by atoms with van der Waals surface area (Å²) in [6.07, 6.45) is 5.11. The van der Waals surface area contributed by atoms with E-state index in [0.717, 1.165) is 32.0 Å². The molecule has 0 bridgehead atoms. The molecular weight excluding hydrogens is 296 g/mol. The maximum absolute atomic E-state index is 4.29. The van der Waals surface area contributed by atoms with Gasteiger partial charge in [-0.25, -0.2) is 0 Å². The number of fused-ring (bicyclic) bond motifs is 1. The first-order valence-electron chi connectivity index (χ1n) is 8.39. The Morgan fingerprint density at radius 3 is 2.50 bits per heavy atom. The molecule has 4 heteroatoms. The highest BCUT2D eigenvalue weighted by molar-refractivity contribution is 5.85. The van der Waals surface area contributed by atoms with Crippen LogP contribution in [-0.2, 0) is 13.0 Å². The van der Waals surface area contributed by atoms with Gasteiger partial charge in [0.1, 0.15) is 0 Å². The minimum atomic E-state index is 0.849. The summed E-state index contributed by atoms with van der Waals surface area (Å²) in [5.41, 5.74) is 1.36. The van der Waals surface area contributed by atoms with Gasteiger partial charge in [-0.05, 0) is 34.9 Å². The Labute approximate surface area is 143 Å². The lowest BCUT2D eigenvalue weighted by molar-refractivity contribution is 0.665. The van der Waals surface area contributed by atoms with Crippen molar-refractivity contribution in [1.29, 1.82) is 0 Å². The lowest BCUT2D eigenvalue weighted by Crippen LogP contribution is -2.39. The zero-order chi connectivity index (χ0) is 16.6. The average molecular weight is 320 g/mol. The van der Waals surface area contributed by atoms with Gasteiger partial charge >= 0.3 is 0 Å². The van der Waals surface area contributed by atoms with E-state index in [1.165, 1.54) is 16.3 Å². The molecule has 4 nitrogen and oxygen atoms in total. The Hall–Kier alpha value is -2.75. The topological polar surface area (TPSA) is 41.4 Å². The maximum Gasteiger partial charge on any atom is 0.191 e. The SMILES string of the molecule is CN=C(NCCc1cccc2ccccc12)NCCn1cccc1. The monoisotopic (exact) mass is 320 g/mol. The Balaban J connectivity index is 1.49. The molecule has 3 aromatic rings.